The van der Waals surface area contributed by atoms with E-state index >= 15 is 0 Å². The van der Waals surface area contributed by atoms with Gasteiger partial charge in [-0.1, -0.05) is 6.92 Å². The summed E-state index contributed by atoms with van der Waals surface area (Å²) in [5, 5.41) is 0.630. The van der Waals surface area contributed by atoms with Crippen molar-refractivity contribution in [3.05, 3.63) is 22.3 Å². The lowest BCUT2D eigenvalue weighted by Gasteiger charge is -2.26. The van der Waals surface area contributed by atoms with E-state index in [1.54, 1.807) is 17.9 Å². The molecule has 2 aromatic rings. The molecule has 2 aromatic heterocycles. The molecule has 3 heterocycles. The predicted octanol–water partition coefficient (Wildman–Crippen LogP) is 2.70. The van der Waals surface area contributed by atoms with Crippen molar-refractivity contribution in [2.45, 2.75) is 51.5 Å². The minimum atomic E-state index is -3.69. The zero-order chi connectivity index (χ0) is 22.3. The van der Waals surface area contributed by atoms with E-state index in [1.165, 1.54) is 11.3 Å². The minimum Gasteiger partial charge on any atom is -0.378 e. The van der Waals surface area contributed by atoms with Crippen molar-refractivity contribution in [1.29, 1.82) is 0 Å². The fourth-order valence-electron chi connectivity index (χ4n) is 3.25. The number of nitrogens with zero attached hydrogens (tertiary/aromatic N) is 3. The van der Waals surface area contributed by atoms with Gasteiger partial charge in [0.2, 0.25) is 10.0 Å². The van der Waals surface area contributed by atoms with Gasteiger partial charge in [0.05, 0.1) is 24.6 Å². The molecule has 0 spiro atoms. The van der Waals surface area contributed by atoms with E-state index in [9.17, 15) is 13.2 Å². The number of sulfonamides is 1. The van der Waals surface area contributed by atoms with Crippen LogP contribution in [0.25, 0.3) is 10.7 Å². The first-order valence-electron chi connectivity index (χ1n) is 10.0. The van der Waals surface area contributed by atoms with Crippen LogP contribution in [0.3, 0.4) is 0 Å². The van der Waals surface area contributed by atoms with E-state index in [0.717, 1.165) is 0 Å². The van der Waals surface area contributed by atoms with Crippen LogP contribution in [0.2, 0.25) is 0 Å². The largest absolute Gasteiger partial charge is 0.378 e. The molecular weight excluding hydrogens is 424 g/mol. The van der Waals surface area contributed by atoms with Crippen molar-refractivity contribution in [2.75, 3.05) is 26.3 Å². The van der Waals surface area contributed by atoms with Crippen LogP contribution in [-0.2, 0) is 21.8 Å². The molecule has 1 saturated heterocycles. The predicted molar refractivity (Wildman–Crippen MR) is 117 cm³/mol. The van der Waals surface area contributed by atoms with Gasteiger partial charge >= 0.3 is 0 Å². The van der Waals surface area contributed by atoms with Gasteiger partial charge in [0.15, 0.2) is 0 Å². The van der Waals surface area contributed by atoms with Gasteiger partial charge in [0, 0.05) is 31.4 Å². The van der Waals surface area contributed by atoms with Crippen LogP contribution in [0.1, 0.15) is 48.3 Å². The van der Waals surface area contributed by atoms with Gasteiger partial charge in [-0.05, 0) is 40.2 Å². The lowest BCUT2D eigenvalue weighted by Crippen LogP contribution is -2.42. The Hall–Kier alpha value is -1.75. The van der Waals surface area contributed by atoms with Gasteiger partial charge in [-0.2, -0.15) is 0 Å². The summed E-state index contributed by atoms with van der Waals surface area (Å²) >= 11 is 1.30. The summed E-state index contributed by atoms with van der Waals surface area (Å²) in [6, 6.07) is 1.64. The highest BCUT2D eigenvalue weighted by molar-refractivity contribution is 7.89. The number of aryl methyl sites for hydroxylation is 1. The third kappa shape index (κ3) is 4.46. The molecule has 1 aliphatic rings. The topological polar surface area (TPSA) is 93.5 Å². The Balaban J connectivity index is 1.96. The van der Waals surface area contributed by atoms with Gasteiger partial charge < -0.3 is 14.2 Å². The van der Waals surface area contributed by atoms with Crippen LogP contribution in [0, 0.1) is 13.8 Å². The second-order valence-corrected chi connectivity index (χ2v) is 10.9. The molecule has 0 radical (unpaired) electrons. The normalized spacial score (nSPS) is 15.6. The number of hydrogen-bond donors (Lipinski definition) is 1. The highest BCUT2D eigenvalue weighted by Crippen LogP contribution is 2.33. The van der Waals surface area contributed by atoms with E-state index in [4.69, 9.17) is 4.74 Å². The van der Waals surface area contributed by atoms with E-state index < -0.39 is 15.6 Å². The van der Waals surface area contributed by atoms with E-state index in [0.29, 0.717) is 59.7 Å². The van der Waals surface area contributed by atoms with E-state index in [-0.39, 0.29) is 10.8 Å². The Morgan fingerprint density at radius 1 is 1.30 bits per heavy atom. The van der Waals surface area contributed by atoms with Gasteiger partial charge in [0.1, 0.15) is 14.8 Å². The Morgan fingerprint density at radius 2 is 1.93 bits per heavy atom. The van der Waals surface area contributed by atoms with Crippen LogP contribution in [-0.4, -0.2) is 60.6 Å². The SMILES string of the molecule is CCC(C)(C)NS(=O)(=O)c1cc(-c2nc(C)c(C(=O)N3CCOCC3)s2)n(C)c1C. The molecule has 0 saturated carbocycles. The minimum absolute atomic E-state index is 0.0512. The number of rotatable bonds is 6. The average Bonchev–Trinajstić information content (AvgIpc) is 3.21. The molecule has 1 N–H and O–H groups in total. The van der Waals surface area contributed by atoms with Crippen molar-refractivity contribution in [3.63, 3.8) is 0 Å². The summed E-state index contributed by atoms with van der Waals surface area (Å²) in [6.45, 7) is 11.5. The summed E-state index contributed by atoms with van der Waals surface area (Å²) in [4.78, 5) is 20.1. The summed E-state index contributed by atoms with van der Waals surface area (Å²) < 4.78 is 35.9. The standard InChI is InChI=1S/C20H30N4O4S2/c1-7-20(4,5)22-30(26,27)16-12-15(23(6)14(16)3)18-21-13(2)17(29-18)19(25)24-8-10-28-11-9-24/h12,22H,7-11H2,1-6H3. The van der Waals surface area contributed by atoms with Crippen molar-refractivity contribution in [3.8, 4) is 10.7 Å². The maximum Gasteiger partial charge on any atom is 0.266 e. The number of nitrogens with one attached hydrogen (secondary N) is 1. The summed E-state index contributed by atoms with van der Waals surface area (Å²) in [5.74, 6) is -0.0512. The summed E-state index contributed by atoms with van der Waals surface area (Å²) in [5.41, 5.74) is 1.41. The fourth-order valence-corrected chi connectivity index (χ4v) is 6.11. The lowest BCUT2D eigenvalue weighted by molar-refractivity contribution is 0.0305. The van der Waals surface area contributed by atoms with Crippen LogP contribution >= 0.6 is 11.3 Å². The zero-order valence-electron chi connectivity index (χ0n) is 18.4. The molecule has 30 heavy (non-hydrogen) atoms. The number of aromatic nitrogens is 2. The molecule has 1 amide bonds. The third-order valence-electron chi connectivity index (χ3n) is 5.58. The van der Waals surface area contributed by atoms with Gasteiger partial charge in [-0.3, -0.25) is 4.79 Å². The van der Waals surface area contributed by atoms with Gasteiger partial charge in [0.25, 0.3) is 5.91 Å². The number of carbonyl (C=O) groups is 1. The monoisotopic (exact) mass is 454 g/mol. The molecule has 8 nitrogen and oxygen atoms in total. The smallest absolute Gasteiger partial charge is 0.266 e. The lowest BCUT2D eigenvalue weighted by atomic mass is 10.0. The highest BCUT2D eigenvalue weighted by Gasteiger charge is 2.30. The number of amides is 1. The molecule has 0 atom stereocenters. The van der Waals surface area contributed by atoms with Crippen molar-refractivity contribution in [1.82, 2.24) is 19.2 Å². The van der Waals surface area contributed by atoms with Gasteiger partial charge in [-0.15, -0.1) is 11.3 Å². The Kier molecular flexibility index (Phi) is 6.43. The quantitative estimate of drug-likeness (QED) is 0.724. The molecule has 10 heteroatoms. The molecule has 0 aliphatic carbocycles. The first kappa shape index (κ1) is 22.9. The van der Waals surface area contributed by atoms with Crippen LogP contribution in [0.15, 0.2) is 11.0 Å². The molecule has 166 valence electrons. The maximum atomic E-state index is 13.0. The van der Waals surface area contributed by atoms with Gasteiger partial charge in [-0.25, -0.2) is 18.1 Å². The highest BCUT2D eigenvalue weighted by atomic mass is 32.2. The van der Waals surface area contributed by atoms with Crippen LogP contribution < -0.4 is 4.72 Å². The molecule has 0 unspecified atom stereocenters. The van der Waals surface area contributed by atoms with E-state index in [2.05, 4.69) is 9.71 Å². The number of ether oxygens (including phenoxy) is 1. The Labute approximate surface area is 182 Å². The van der Waals surface area contributed by atoms with Crippen molar-refractivity contribution in [2.24, 2.45) is 7.05 Å². The van der Waals surface area contributed by atoms with Crippen LogP contribution in [0.5, 0.6) is 0 Å². The summed E-state index contributed by atoms with van der Waals surface area (Å²) in [6.07, 6.45) is 0.670. The van der Waals surface area contributed by atoms with Crippen LogP contribution in [0.4, 0.5) is 0 Å². The van der Waals surface area contributed by atoms with Crippen molar-refractivity contribution < 1.29 is 17.9 Å². The average molecular weight is 455 g/mol. The Morgan fingerprint density at radius 3 is 2.53 bits per heavy atom. The number of morpholine rings is 1. The second-order valence-electron chi connectivity index (χ2n) is 8.22. The first-order valence-corrected chi connectivity index (χ1v) is 12.3. The molecule has 0 bridgehead atoms. The summed E-state index contributed by atoms with van der Waals surface area (Å²) in [7, 11) is -1.88. The molecule has 3 rings (SSSR count). The Bertz CT molecular complexity index is 1050. The number of thiazole rings is 1. The molecule has 1 fully saturated rings. The zero-order valence-corrected chi connectivity index (χ0v) is 20.0. The molecule has 1 aliphatic heterocycles. The fraction of sp³-hybridized carbons (Fsp3) is 0.600. The van der Waals surface area contributed by atoms with Crippen molar-refractivity contribution >= 4 is 27.3 Å². The molecule has 0 aromatic carbocycles. The maximum absolute atomic E-state index is 13.0. The third-order valence-corrected chi connectivity index (χ3v) is 8.56. The second kappa shape index (κ2) is 8.41. The number of hydrogen-bond acceptors (Lipinski definition) is 6. The number of carbonyl (C=O) groups excluding carboxylic acids is 1. The van der Waals surface area contributed by atoms with E-state index in [1.807, 2.05) is 39.3 Å². The first-order chi connectivity index (χ1) is 14.0. The molecular formula is C20H30N4O4S2.